The zero-order chi connectivity index (χ0) is 18.0. The molecule has 0 unspecified atom stereocenters. The van der Waals surface area contributed by atoms with Crippen LogP contribution in [0.4, 0.5) is 0 Å². The van der Waals surface area contributed by atoms with Crippen molar-refractivity contribution in [3.8, 4) is 5.75 Å². The monoisotopic (exact) mass is 362 g/mol. The highest BCUT2D eigenvalue weighted by Crippen LogP contribution is 2.20. The van der Waals surface area contributed by atoms with Gasteiger partial charge in [-0.25, -0.2) is 12.4 Å². The minimum Gasteiger partial charge on any atom is -0.503 e. The Morgan fingerprint density at radius 2 is 1.72 bits per heavy atom. The zero-order valence-electron chi connectivity index (χ0n) is 14.2. The lowest BCUT2D eigenvalue weighted by atomic mass is 10.2. The van der Waals surface area contributed by atoms with E-state index in [-0.39, 0.29) is 4.90 Å². The molecule has 25 heavy (non-hydrogen) atoms. The highest BCUT2D eigenvalue weighted by atomic mass is 32.2. The molecule has 6 nitrogen and oxygen atoms in total. The molecule has 1 aromatic heterocycles. The summed E-state index contributed by atoms with van der Waals surface area (Å²) in [6, 6.07) is 7.91. The fourth-order valence-electron chi connectivity index (χ4n) is 3.06. The largest absolute Gasteiger partial charge is 0.503 e. The molecule has 0 bridgehead atoms. The molecule has 3 rings (SSSR count). The molecular formula is C18H22N2O4S. The number of aryl methyl sites for hydroxylation is 1. The summed E-state index contributed by atoms with van der Waals surface area (Å²) < 4.78 is 26.0. The molecule has 0 saturated carbocycles. The first-order chi connectivity index (χ1) is 11.9. The first-order valence-electron chi connectivity index (χ1n) is 8.44. The van der Waals surface area contributed by atoms with E-state index in [1.165, 1.54) is 24.4 Å². The van der Waals surface area contributed by atoms with Gasteiger partial charge in [-0.1, -0.05) is 19.1 Å². The Morgan fingerprint density at radius 1 is 1.08 bits per heavy atom. The van der Waals surface area contributed by atoms with Crippen LogP contribution in [0.25, 0.3) is 0 Å². The van der Waals surface area contributed by atoms with Gasteiger partial charge in [0.2, 0.25) is 0 Å². The molecular weight excluding hydrogens is 340 g/mol. The average Bonchev–Trinajstić information content (AvgIpc) is 3.12. The minimum atomic E-state index is -4.03. The molecule has 0 atom stereocenters. The van der Waals surface area contributed by atoms with Gasteiger partial charge in [-0.3, -0.25) is 9.69 Å². The summed E-state index contributed by atoms with van der Waals surface area (Å²) in [6.07, 6.45) is 4.22. The van der Waals surface area contributed by atoms with E-state index < -0.39 is 21.3 Å². The third-order valence-electron chi connectivity index (χ3n) is 4.60. The third-order valence-corrected chi connectivity index (χ3v) is 6.27. The molecule has 1 saturated heterocycles. The summed E-state index contributed by atoms with van der Waals surface area (Å²) in [4.78, 5) is 14.6. The minimum absolute atomic E-state index is 0.0264. The van der Waals surface area contributed by atoms with Gasteiger partial charge >= 0.3 is 5.56 Å². The van der Waals surface area contributed by atoms with Crippen LogP contribution in [-0.2, 0) is 23.0 Å². The zero-order valence-corrected chi connectivity index (χ0v) is 15.0. The highest BCUT2D eigenvalue weighted by Gasteiger charge is 2.22. The number of hydrogen-bond donors (Lipinski definition) is 1. The molecule has 7 heteroatoms. The molecule has 1 aliphatic heterocycles. The van der Waals surface area contributed by atoms with Crippen molar-refractivity contribution < 1.29 is 13.5 Å². The predicted molar refractivity (Wildman–Crippen MR) is 95.3 cm³/mol. The lowest BCUT2D eigenvalue weighted by molar-refractivity contribution is 0.323. The van der Waals surface area contributed by atoms with Gasteiger partial charge in [-0.15, -0.1) is 0 Å². The fourth-order valence-corrected chi connectivity index (χ4v) is 4.29. The van der Waals surface area contributed by atoms with E-state index in [2.05, 4.69) is 4.90 Å². The van der Waals surface area contributed by atoms with E-state index in [0.717, 1.165) is 37.9 Å². The number of likely N-dealkylation sites (tertiary alicyclic amines) is 1. The van der Waals surface area contributed by atoms with Gasteiger partial charge in [0.05, 0.1) is 4.90 Å². The summed E-state index contributed by atoms with van der Waals surface area (Å²) in [5, 5.41) is 10.2. The highest BCUT2D eigenvalue weighted by molar-refractivity contribution is 7.90. The standard InChI is InChI=1S/C18H22N2O4S/c1-2-14-5-7-16(8-6-14)25(23,24)20-12-9-15(17(21)18(20)22)13-19-10-3-4-11-19/h5-9,12,21H,2-4,10-11,13H2,1H3. The van der Waals surface area contributed by atoms with Crippen LogP contribution in [0, 0.1) is 0 Å². The van der Waals surface area contributed by atoms with Crippen molar-refractivity contribution in [3.63, 3.8) is 0 Å². The molecule has 0 spiro atoms. The van der Waals surface area contributed by atoms with E-state index in [9.17, 15) is 18.3 Å². The van der Waals surface area contributed by atoms with Crippen LogP contribution in [0.5, 0.6) is 5.75 Å². The van der Waals surface area contributed by atoms with Crippen molar-refractivity contribution in [3.05, 3.63) is 58.0 Å². The van der Waals surface area contributed by atoms with Gasteiger partial charge < -0.3 is 5.11 Å². The number of benzene rings is 1. The smallest absolute Gasteiger partial charge is 0.306 e. The summed E-state index contributed by atoms with van der Waals surface area (Å²) in [5.74, 6) is -0.497. The fraction of sp³-hybridized carbons (Fsp3) is 0.389. The van der Waals surface area contributed by atoms with Crippen molar-refractivity contribution >= 4 is 10.0 Å². The molecule has 1 N–H and O–H groups in total. The van der Waals surface area contributed by atoms with Crippen molar-refractivity contribution in [2.75, 3.05) is 13.1 Å². The van der Waals surface area contributed by atoms with Crippen LogP contribution in [0.1, 0.15) is 30.9 Å². The SMILES string of the molecule is CCc1ccc(S(=O)(=O)n2ccc(CN3CCCC3)c(O)c2=O)cc1. The summed E-state index contributed by atoms with van der Waals surface area (Å²) in [5.41, 5.74) is 0.561. The van der Waals surface area contributed by atoms with Crippen LogP contribution in [-0.4, -0.2) is 35.5 Å². The molecule has 0 radical (unpaired) electrons. The first kappa shape index (κ1) is 17.7. The second-order valence-corrected chi connectivity index (χ2v) is 8.09. The van der Waals surface area contributed by atoms with Crippen LogP contribution < -0.4 is 5.56 Å². The van der Waals surface area contributed by atoms with Crippen molar-refractivity contribution in [2.45, 2.75) is 37.6 Å². The molecule has 0 aliphatic carbocycles. The van der Waals surface area contributed by atoms with Crippen molar-refractivity contribution in [1.82, 2.24) is 8.87 Å². The van der Waals surface area contributed by atoms with Crippen LogP contribution >= 0.6 is 0 Å². The number of pyridine rings is 1. The van der Waals surface area contributed by atoms with Gasteiger partial charge in [0.25, 0.3) is 10.0 Å². The molecule has 2 heterocycles. The summed E-state index contributed by atoms with van der Waals surface area (Å²) in [7, 11) is -4.03. The molecule has 134 valence electrons. The summed E-state index contributed by atoms with van der Waals surface area (Å²) in [6.45, 7) is 4.27. The maximum atomic E-state index is 12.7. The molecule has 1 fully saturated rings. The van der Waals surface area contributed by atoms with Crippen LogP contribution in [0.2, 0.25) is 0 Å². The number of hydrogen-bond acceptors (Lipinski definition) is 5. The van der Waals surface area contributed by atoms with Crippen LogP contribution in [0.3, 0.4) is 0 Å². The Labute approximate surface area is 147 Å². The maximum absolute atomic E-state index is 12.7. The number of aromatic nitrogens is 1. The molecule has 0 amide bonds. The molecule has 1 aliphatic rings. The Balaban J connectivity index is 1.95. The van der Waals surface area contributed by atoms with Gasteiger partial charge in [0.1, 0.15) is 0 Å². The van der Waals surface area contributed by atoms with Crippen molar-refractivity contribution in [2.24, 2.45) is 0 Å². The van der Waals surface area contributed by atoms with E-state index in [1.54, 1.807) is 12.1 Å². The van der Waals surface area contributed by atoms with E-state index in [4.69, 9.17) is 0 Å². The van der Waals surface area contributed by atoms with Crippen molar-refractivity contribution in [1.29, 1.82) is 0 Å². The third kappa shape index (κ3) is 3.48. The summed E-state index contributed by atoms with van der Waals surface area (Å²) >= 11 is 0. The van der Waals surface area contributed by atoms with Gasteiger partial charge in [0, 0.05) is 18.3 Å². The number of nitrogens with zero attached hydrogens (tertiary/aromatic N) is 2. The van der Waals surface area contributed by atoms with Crippen LogP contribution in [0.15, 0.2) is 46.2 Å². The molecule has 1 aromatic carbocycles. The topological polar surface area (TPSA) is 79.6 Å². The Hall–Kier alpha value is -2.12. The average molecular weight is 362 g/mol. The Morgan fingerprint density at radius 3 is 2.32 bits per heavy atom. The quantitative estimate of drug-likeness (QED) is 0.879. The van der Waals surface area contributed by atoms with E-state index in [1.807, 2.05) is 6.92 Å². The number of rotatable bonds is 5. The van der Waals surface area contributed by atoms with Gasteiger partial charge in [-0.05, 0) is 56.1 Å². The number of aromatic hydroxyl groups is 1. The Bertz CT molecular complexity index is 911. The predicted octanol–water partition coefficient (Wildman–Crippen LogP) is 1.95. The van der Waals surface area contributed by atoms with E-state index >= 15 is 0 Å². The maximum Gasteiger partial charge on any atom is 0.306 e. The Kier molecular flexibility index (Phi) is 4.96. The lowest BCUT2D eigenvalue weighted by Gasteiger charge is -2.16. The van der Waals surface area contributed by atoms with E-state index in [0.29, 0.717) is 16.1 Å². The second kappa shape index (κ2) is 7.01. The lowest BCUT2D eigenvalue weighted by Crippen LogP contribution is -2.28. The first-order valence-corrected chi connectivity index (χ1v) is 9.88. The second-order valence-electron chi connectivity index (χ2n) is 6.28. The van der Waals surface area contributed by atoms with Gasteiger partial charge in [0.15, 0.2) is 5.75 Å². The molecule has 2 aromatic rings. The van der Waals surface area contributed by atoms with Gasteiger partial charge in [-0.2, -0.15) is 0 Å². The normalized spacial score (nSPS) is 15.6.